The third-order valence-corrected chi connectivity index (χ3v) is 4.18. The molecule has 0 saturated carbocycles. The highest BCUT2D eigenvalue weighted by Crippen LogP contribution is 2.22. The summed E-state index contributed by atoms with van der Waals surface area (Å²) in [4.78, 5) is 0. The van der Waals surface area contributed by atoms with Crippen LogP contribution in [0.4, 0.5) is 0 Å². The van der Waals surface area contributed by atoms with Gasteiger partial charge in [0, 0.05) is 19.8 Å². The van der Waals surface area contributed by atoms with Crippen molar-refractivity contribution in [1.29, 1.82) is 0 Å². The lowest BCUT2D eigenvalue weighted by Gasteiger charge is -2.17. The van der Waals surface area contributed by atoms with Crippen molar-refractivity contribution in [1.82, 2.24) is 0 Å². The number of benzene rings is 2. The van der Waals surface area contributed by atoms with E-state index in [9.17, 15) is 0 Å². The third-order valence-electron chi connectivity index (χ3n) is 4.18. The average Bonchev–Trinajstić information content (AvgIpc) is 3.48. The summed E-state index contributed by atoms with van der Waals surface area (Å²) in [6.45, 7) is 3.67. The van der Waals surface area contributed by atoms with Crippen LogP contribution in [-0.2, 0) is 22.3 Å². The van der Waals surface area contributed by atoms with Crippen LogP contribution in [0.1, 0.15) is 18.1 Å². The molecule has 4 rings (SSSR count). The fourth-order valence-electron chi connectivity index (χ4n) is 2.71. The van der Waals surface area contributed by atoms with E-state index >= 15 is 0 Å². The van der Waals surface area contributed by atoms with E-state index in [0.29, 0.717) is 12.2 Å². The Labute approximate surface area is 142 Å². The van der Waals surface area contributed by atoms with Crippen LogP contribution in [-0.4, -0.2) is 31.7 Å². The molecule has 2 aliphatic rings. The molecule has 24 heavy (non-hydrogen) atoms. The fourth-order valence-corrected chi connectivity index (χ4v) is 2.71. The summed E-state index contributed by atoms with van der Waals surface area (Å²) in [5.74, 6) is 1.62. The molecule has 2 aromatic carbocycles. The zero-order chi connectivity index (χ0) is 16.4. The summed E-state index contributed by atoms with van der Waals surface area (Å²) >= 11 is 0. The Hall–Kier alpha value is -2.04. The number of epoxide rings is 2. The van der Waals surface area contributed by atoms with Gasteiger partial charge in [-0.15, -0.1) is 0 Å². The summed E-state index contributed by atoms with van der Waals surface area (Å²) in [7, 11) is 0. The van der Waals surface area contributed by atoms with Gasteiger partial charge in [-0.2, -0.15) is 0 Å². The summed E-state index contributed by atoms with van der Waals surface area (Å²) in [6.07, 6.45) is 2.43. The SMILES string of the molecule is CC(Oc1ccc(CC2CO2)cc1)Oc1ccc(CC2CO2)cc1. The standard InChI is InChI=1S/C20H22O4/c1-14(23-17-6-2-15(3-7-17)10-19-12-21-19)24-18-8-4-16(5-9-18)11-20-13-22-20/h2-9,14,19-20H,10-13H2,1H3. The molecule has 2 heterocycles. The molecule has 0 aliphatic carbocycles. The van der Waals surface area contributed by atoms with Gasteiger partial charge in [0.15, 0.2) is 0 Å². The Morgan fingerprint density at radius 3 is 1.50 bits per heavy atom. The van der Waals surface area contributed by atoms with Crippen molar-refractivity contribution < 1.29 is 18.9 Å². The minimum absolute atomic E-state index is 0.347. The molecule has 0 spiro atoms. The Kier molecular flexibility index (Phi) is 4.41. The summed E-state index contributed by atoms with van der Waals surface area (Å²) < 4.78 is 22.1. The first-order valence-electron chi connectivity index (χ1n) is 8.49. The first kappa shape index (κ1) is 15.5. The van der Waals surface area contributed by atoms with Crippen LogP contribution in [0.5, 0.6) is 11.5 Å². The highest BCUT2D eigenvalue weighted by Gasteiger charge is 2.23. The molecule has 0 radical (unpaired) electrons. The molecule has 126 valence electrons. The van der Waals surface area contributed by atoms with Crippen LogP contribution < -0.4 is 9.47 Å². The zero-order valence-corrected chi connectivity index (χ0v) is 13.8. The van der Waals surface area contributed by atoms with Crippen LogP contribution in [0.25, 0.3) is 0 Å². The van der Waals surface area contributed by atoms with Gasteiger partial charge in [-0.1, -0.05) is 24.3 Å². The van der Waals surface area contributed by atoms with Crippen molar-refractivity contribution in [2.45, 2.75) is 38.3 Å². The first-order valence-corrected chi connectivity index (χ1v) is 8.49. The quantitative estimate of drug-likeness (QED) is 0.551. The summed E-state index contributed by atoms with van der Waals surface area (Å²) in [5, 5.41) is 0. The maximum atomic E-state index is 5.83. The Balaban J connectivity index is 1.27. The monoisotopic (exact) mass is 326 g/mol. The van der Waals surface area contributed by atoms with Gasteiger partial charge in [0.1, 0.15) is 11.5 Å². The second-order valence-corrected chi connectivity index (χ2v) is 6.41. The predicted octanol–water partition coefficient (Wildman–Crippen LogP) is 3.37. The van der Waals surface area contributed by atoms with Crippen molar-refractivity contribution in [3.8, 4) is 11.5 Å². The summed E-state index contributed by atoms with van der Waals surface area (Å²) in [5.41, 5.74) is 2.54. The van der Waals surface area contributed by atoms with E-state index < -0.39 is 0 Å². The number of ether oxygens (including phenoxy) is 4. The van der Waals surface area contributed by atoms with E-state index in [1.54, 1.807) is 0 Å². The molecule has 2 unspecified atom stereocenters. The average molecular weight is 326 g/mol. The normalized spacial score (nSPS) is 22.7. The van der Waals surface area contributed by atoms with Gasteiger partial charge in [0.2, 0.25) is 6.29 Å². The van der Waals surface area contributed by atoms with E-state index in [1.807, 2.05) is 31.2 Å². The molecule has 4 heteroatoms. The van der Waals surface area contributed by atoms with E-state index in [-0.39, 0.29) is 6.29 Å². The molecule has 0 aromatic heterocycles. The van der Waals surface area contributed by atoms with Crippen LogP contribution in [0.2, 0.25) is 0 Å². The minimum atomic E-state index is -0.347. The maximum Gasteiger partial charge on any atom is 0.238 e. The van der Waals surface area contributed by atoms with Gasteiger partial charge in [-0.25, -0.2) is 0 Å². The third kappa shape index (κ3) is 4.49. The maximum absolute atomic E-state index is 5.83. The Morgan fingerprint density at radius 1 is 0.792 bits per heavy atom. The Bertz CT molecular complexity index is 598. The van der Waals surface area contributed by atoms with Crippen molar-refractivity contribution in [3.05, 3.63) is 59.7 Å². The molecule has 0 amide bonds. The van der Waals surface area contributed by atoms with Gasteiger partial charge in [0.05, 0.1) is 25.4 Å². The molecule has 0 N–H and O–H groups in total. The lowest BCUT2D eigenvalue weighted by Crippen LogP contribution is -2.19. The van der Waals surface area contributed by atoms with Crippen LogP contribution in [0.15, 0.2) is 48.5 Å². The van der Waals surface area contributed by atoms with Crippen LogP contribution in [0, 0.1) is 0 Å². The molecule has 2 fully saturated rings. The van der Waals surface area contributed by atoms with E-state index in [1.165, 1.54) is 11.1 Å². The van der Waals surface area contributed by atoms with Crippen molar-refractivity contribution in [3.63, 3.8) is 0 Å². The molecular formula is C20H22O4. The summed E-state index contributed by atoms with van der Waals surface area (Å²) in [6, 6.07) is 16.3. The van der Waals surface area contributed by atoms with Gasteiger partial charge >= 0.3 is 0 Å². The van der Waals surface area contributed by atoms with Gasteiger partial charge in [-0.3, -0.25) is 0 Å². The van der Waals surface area contributed by atoms with E-state index in [4.69, 9.17) is 18.9 Å². The molecular weight excluding hydrogens is 304 g/mol. The van der Waals surface area contributed by atoms with Crippen molar-refractivity contribution >= 4 is 0 Å². The zero-order valence-electron chi connectivity index (χ0n) is 13.8. The van der Waals surface area contributed by atoms with Crippen molar-refractivity contribution in [2.24, 2.45) is 0 Å². The lowest BCUT2D eigenvalue weighted by molar-refractivity contribution is 0.0223. The molecule has 2 saturated heterocycles. The first-order chi connectivity index (χ1) is 11.7. The Morgan fingerprint density at radius 2 is 1.17 bits per heavy atom. The van der Waals surface area contributed by atoms with E-state index in [2.05, 4.69) is 24.3 Å². The highest BCUT2D eigenvalue weighted by molar-refractivity contribution is 5.29. The second-order valence-electron chi connectivity index (χ2n) is 6.41. The molecule has 2 aliphatic heterocycles. The number of hydrogen-bond acceptors (Lipinski definition) is 4. The van der Waals surface area contributed by atoms with Crippen LogP contribution in [0.3, 0.4) is 0 Å². The van der Waals surface area contributed by atoms with Gasteiger partial charge < -0.3 is 18.9 Å². The topological polar surface area (TPSA) is 43.5 Å². The highest BCUT2D eigenvalue weighted by atomic mass is 16.7. The number of rotatable bonds is 8. The largest absolute Gasteiger partial charge is 0.455 e. The van der Waals surface area contributed by atoms with Crippen LogP contribution >= 0.6 is 0 Å². The van der Waals surface area contributed by atoms with E-state index in [0.717, 1.165) is 37.6 Å². The molecule has 2 aromatic rings. The number of hydrogen-bond donors (Lipinski definition) is 0. The molecule has 2 atom stereocenters. The molecule has 0 bridgehead atoms. The van der Waals surface area contributed by atoms with Gasteiger partial charge in [-0.05, 0) is 35.4 Å². The predicted molar refractivity (Wildman–Crippen MR) is 90.5 cm³/mol. The second kappa shape index (κ2) is 6.83. The fraction of sp³-hybridized carbons (Fsp3) is 0.400. The van der Waals surface area contributed by atoms with Gasteiger partial charge in [0.25, 0.3) is 0 Å². The lowest BCUT2D eigenvalue weighted by atomic mass is 10.1. The smallest absolute Gasteiger partial charge is 0.238 e. The molecule has 4 nitrogen and oxygen atoms in total. The minimum Gasteiger partial charge on any atom is -0.455 e. The van der Waals surface area contributed by atoms with Crippen molar-refractivity contribution in [2.75, 3.05) is 13.2 Å².